The Labute approximate surface area is 177 Å². The van der Waals surface area contributed by atoms with E-state index in [-0.39, 0.29) is 0 Å². The first kappa shape index (κ1) is 21.0. The molecule has 0 saturated heterocycles. The molecule has 0 saturated carbocycles. The number of pyridine rings is 1. The first-order valence-electron chi connectivity index (χ1n) is 9.63. The maximum absolute atomic E-state index is 14.9. The molecule has 0 aliphatic rings. The van der Waals surface area contributed by atoms with Crippen LogP contribution in [0.5, 0.6) is 0 Å². The van der Waals surface area contributed by atoms with Gasteiger partial charge in [-0.15, -0.1) is 0 Å². The third kappa shape index (κ3) is 4.30. The Morgan fingerprint density at radius 3 is 2.23 bits per heavy atom. The Balaban J connectivity index is 1.70. The van der Waals surface area contributed by atoms with E-state index in [1.165, 1.54) is 12.1 Å². The number of halogens is 4. The third-order valence-electron chi connectivity index (χ3n) is 5.18. The van der Waals surface area contributed by atoms with Crippen molar-refractivity contribution in [3.8, 4) is 22.4 Å². The zero-order valence-electron chi connectivity index (χ0n) is 16.9. The summed E-state index contributed by atoms with van der Waals surface area (Å²) >= 11 is 0. The first-order valence-corrected chi connectivity index (χ1v) is 9.63. The minimum atomic E-state index is -4.42. The number of fused-ring (bicyclic) bond motifs is 1. The quantitative estimate of drug-likeness (QED) is 0.323. The van der Waals surface area contributed by atoms with E-state index in [1.807, 2.05) is 24.3 Å². The van der Waals surface area contributed by atoms with Crippen molar-refractivity contribution in [3.05, 3.63) is 89.2 Å². The number of aryl methyl sites for hydroxylation is 1. The van der Waals surface area contributed by atoms with E-state index in [4.69, 9.17) is 4.74 Å². The summed E-state index contributed by atoms with van der Waals surface area (Å²) in [6.07, 6.45) is -4.42. The van der Waals surface area contributed by atoms with Crippen molar-refractivity contribution in [2.45, 2.75) is 19.7 Å². The molecule has 0 aliphatic carbocycles. The molecule has 31 heavy (non-hydrogen) atoms. The Morgan fingerprint density at radius 1 is 0.871 bits per heavy atom. The van der Waals surface area contributed by atoms with Gasteiger partial charge in [-0.25, -0.2) is 9.37 Å². The van der Waals surface area contributed by atoms with Gasteiger partial charge in [0.1, 0.15) is 5.82 Å². The van der Waals surface area contributed by atoms with Gasteiger partial charge in [-0.05, 0) is 53.9 Å². The van der Waals surface area contributed by atoms with E-state index in [2.05, 4.69) is 4.98 Å². The Morgan fingerprint density at radius 2 is 1.58 bits per heavy atom. The zero-order valence-corrected chi connectivity index (χ0v) is 16.9. The average molecular weight is 425 g/mol. The number of methoxy groups -OCH3 is 1. The van der Waals surface area contributed by atoms with Crippen molar-refractivity contribution in [2.75, 3.05) is 7.11 Å². The molecule has 0 fully saturated rings. The predicted octanol–water partition coefficient (Wildman–Crippen LogP) is 7.18. The van der Waals surface area contributed by atoms with E-state index in [0.717, 1.165) is 23.3 Å². The van der Waals surface area contributed by atoms with Crippen LogP contribution < -0.4 is 0 Å². The van der Waals surface area contributed by atoms with Crippen LogP contribution in [0.1, 0.15) is 16.7 Å². The number of benzene rings is 3. The maximum Gasteiger partial charge on any atom is 0.416 e. The Kier molecular flexibility index (Phi) is 5.50. The average Bonchev–Trinajstić information content (AvgIpc) is 2.73. The van der Waals surface area contributed by atoms with Gasteiger partial charge in [0.25, 0.3) is 0 Å². The molecule has 2 nitrogen and oxygen atoms in total. The molecular formula is C25H19F4NO. The fourth-order valence-corrected chi connectivity index (χ4v) is 3.57. The number of hydrogen-bond donors (Lipinski definition) is 0. The van der Waals surface area contributed by atoms with Gasteiger partial charge in [0.2, 0.25) is 0 Å². The fourth-order valence-electron chi connectivity index (χ4n) is 3.57. The monoisotopic (exact) mass is 425 g/mol. The second kappa shape index (κ2) is 8.12. The Bertz CT molecular complexity index is 1250. The lowest BCUT2D eigenvalue weighted by Crippen LogP contribution is -2.04. The summed E-state index contributed by atoms with van der Waals surface area (Å²) < 4.78 is 59.0. The zero-order chi connectivity index (χ0) is 22.2. The van der Waals surface area contributed by atoms with Gasteiger partial charge < -0.3 is 4.74 Å². The molecule has 0 bridgehead atoms. The third-order valence-corrected chi connectivity index (χ3v) is 5.18. The Hall–Kier alpha value is -3.25. The van der Waals surface area contributed by atoms with Crippen LogP contribution in [-0.2, 0) is 17.5 Å². The van der Waals surface area contributed by atoms with Crippen LogP contribution in [0.2, 0.25) is 0 Å². The van der Waals surface area contributed by atoms with E-state index in [1.54, 1.807) is 32.2 Å². The molecule has 6 heteroatoms. The summed E-state index contributed by atoms with van der Waals surface area (Å²) in [7, 11) is 1.62. The van der Waals surface area contributed by atoms with Crippen molar-refractivity contribution < 1.29 is 22.3 Å². The van der Waals surface area contributed by atoms with Crippen LogP contribution in [0.15, 0.2) is 66.7 Å². The number of hydrogen-bond acceptors (Lipinski definition) is 2. The number of alkyl halides is 3. The number of aromatic nitrogens is 1. The van der Waals surface area contributed by atoms with Crippen molar-refractivity contribution >= 4 is 10.9 Å². The second-order valence-corrected chi connectivity index (χ2v) is 7.38. The molecule has 0 atom stereocenters. The van der Waals surface area contributed by atoms with Crippen LogP contribution in [0.3, 0.4) is 0 Å². The van der Waals surface area contributed by atoms with Gasteiger partial charge in [0.05, 0.1) is 23.4 Å². The molecule has 0 unspecified atom stereocenters. The molecule has 1 heterocycles. The lowest BCUT2D eigenvalue weighted by molar-refractivity contribution is -0.137. The largest absolute Gasteiger partial charge is 0.416 e. The van der Waals surface area contributed by atoms with Gasteiger partial charge >= 0.3 is 6.18 Å². The maximum atomic E-state index is 14.9. The molecule has 158 valence electrons. The van der Waals surface area contributed by atoms with E-state index < -0.39 is 17.6 Å². The highest BCUT2D eigenvalue weighted by Gasteiger charge is 2.30. The SMILES string of the molecule is COCc1ccc(-c2ccc(-c3cc(C)c4cc(C(F)(F)F)ccc4n3)cc2F)cc1. The smallest absolute Gasteiger partial charge is 0.380 e. The number of nitrogens with zero attached hydrogens (tertiary/aromatic N) is 1. The fraction of sp³-hybridized carbons (Fsp3) is 0.160. The summed E-state index contributed by atoms with van der Waals surface area (Å²) in [6.45, 7) is 2.21. The van der Waals surface area contributed by atoms with E-state index in [9.17, 15) is 17.6 Å². The minimum absolute atomic E-state index is 0.399. The first-order chi connectivity index (χ1) is 14.8. The topological polar surface area (TPSA) is 22.1 Å². The lowest BCUT2D eigenvalue weighted by Gasteiger charge is -2.12. The molecule has 1 aromatic heterocycles. The molecule has 0 N–H and O–H groups in total. The van der Waals surface area contributed by atoms with E-state index >= 15 is 0 Å². The van der Waals surface area contributed by atoms with Crippen molar-refractivity contribution in [1.82, 2.24) is 4.98 Å². The molecule has 4 rings (SSSR count). The molecular weight excluding hydrogens is 406 g/mol. The normalized spacial score (nSPS) is 11.8. The van der Waals surface area contributed by atoms with Gasteiger partial charge in [0.15, 0.2) is 0 Å². The number of ether oxygens (including phenoxy) is 1. The van der Waals surface area contributed by atoms with Gasteiger partial charge in [-0.3, -0.25) is 0 Å². The highest BCUT2D eigenvalue weighted by atomic mass is 19.4. The standard InChI is InChI=1S/C25H19F4NO/c1-15-11-24(30-23-10-8-19(13-21(15)23)25(27,28)29)18-7-9-20(22(26)12-18)17-5-3-16(4-6-17)14-31-2/h3-13H,14H2,1-2H3. The van der Waals surface area contributed by atoms with Crippen molar-refractivity contribution in [3.63, 3.8) is 0 Å². The van der Waals surface area contributed by atoms with Gasteiger partial charge in [-0.2, -0.15) is 13.2 Å². The molecule has 0 aliphatic heterocycles. The molecule has 0 radical (unpaired) electrons. The molecule has 4 aromatic rings. The van der Waals surface area contributed by atoms with Crippen LogP contribution in [0.4, 0.5) is 17.6 Å². The van der Waals surface area contributed by atoms with Crippen LogP contribution >= 0.6 is 0 Å². The van der Waals surface area contributed by atoms with Crippen molar-refractivity contribution in [1.29, 1.82) is 0 Å². The lowest BCUT2D eigenvalue weighted by atomic mass is 9.99. The highest BCUT2D eigenvalue weighted by molar-refractivity contribution is 5.86. The van der Waals surface area contributed by atoms with Crippen LogP contribution in [-0.4, -0.2) is 12.1 Å². The molecule has 3 aromatic carbocycles. The van der Waals surface area contributed by atoms with Crippen LogP contribution in [0.25, 0.3) is 33.3 Å². The summed E-state index contributed by atoms with van der Waals surface area (Å²) in [5.41, 5.74) is 3.61. The summed E-state index contributed by atoms with van der Waals surface area (Å²) in [4.78, 5) is 4.46. The van der Waals surface area contributed by atoms with Gasteiger partial charge in [-0.1, -0.05) is 36.4 Å². The summed E-state index contributed by atoms with van der Waals surface area (Å²) in [6, 6.07) is 17.4. The van der Waals surface area contributed by atoms with Crippen LogP contribution in [0, 0.1) is 12.7 Å². The minimum Gasteiger partial charge on any atom is -0.380 e. The predicted molar refractivity (Wildman–Crippen MR) is 113 cm³/mol. The highest BCUT2D eigenvalue weighted by Crippen LogP contribution is 2.34. The summed E-state index contributed by atoms with van der Waals surface area (Å²) in [5.74, 6) is -0.399. The summed E-state index contributed by atoms with van der Waals surface area (Å²) in [5, 5.41) is 0.423. The number of rotatable bonds is 4. The molecule has 0 spiro atoms. The van der Waals surface area contributed by atoms with E-state index in [0.29, 0.717) is 39.9 Å². The molecule has 0 amide bonds. The van der Waals surface area contributed by atoms with Crippen molar-refractivity contribution in [2.24, 2.45) is 0 Å². The van der Waals surface area contributed by atoms with Gasteiger partial charge in [0, 0.05) is 23.6 Å². The second-order valence-electron chi connectivity index (χ2n) is 7.38.